The quantitative estimate of drug-likeness (QED) is 0.773. The molecule has 0 saturated carbocycles. The summed E-state index contributed by atoms with van der Waals surface area (Å²) in [6, 6.07) is 5.43. The van der Waals surface area contributed by atoms with Gasteiger partial charge in [-0.3, -0.25) is 4.79 Å². The molecule has 1 aliphatic carbocycles. The van der Waals surface area contributed by atoms with Gasteiger partial charge in [0, 0.05) is 16.5 Å². The van der Waals surface area contributed by atoms with Gasteiger partial charge in [0.1, 0.15) is 0 Å². The van der Waals surface area contributed by atoms with Crippen LogP contribution in [0.25, 0.3) is 0 Å². The minimum atomic E-state index is 0.222. The van der Waals surface area contributed by atoms with Crippen LogP contribution in [0.5, 0.6) is 0 Å². The summed E-state index contributed by atoms with van der Waals surface area (Å²) in [6.07, 6.45) is 5.08. The van der Waals surface area contributed by atoms with E-state index >= 15 is 0 Å². The van der Waals surface area contributed by atoms with Crippen LogP contribution in [-0.4, -0.2) is 5.78 Å². The first-order valence-corrected chi connectivity index (χ1v) is 6.07. The van der Waals surface area contributed by atoms with Crippen molar-refractivity contribution in [1.29, 1.82) is 0 Å². The fraction of sp³-hybridized carbons (Fsp3) is 0.308. The topological polar surface area (TPSA) is 17.1 Å². The first-order valence-electron chi connectivity index (χ1n) is 5.31. The summed E-state index contributed by atoms with van der Waals surface area (Å²) in [5, 5.41) is 1.39. The van der Waals surface area contributed by atoms with Crippen molar-refractivity contribution in [2.75, 3.05) is 0 Å². The Morgan fingerprint density at radius 3 is 2.75 bits per heavy atom. The second kappa shape index (κ2) is 5.03. The van der Waals surface area contributed by atoms with Crippen molar-refractivity contribution in [2.24, 2.45) is 0 Å². The average molecular weight is 255 g/mol. The average Bonchev–Trinajstić information content (AvgIpc) is 2.24. The normalized spacial score (nSPS) is 16.1. The van der Waals surface area contributed by atoms with Crippen LogP contribution in [0.4, 0.5) is 0 Å². The molecule has 0 amide bonds. The van der Waals surface area contributed by atoms with Gasteiger partial charge in [-0.1, -0.05) is 28.8 Å². The number of ketones is 1. The Hall–Kier alpha value is -0.790. The van der Waals surface area contributed by atoms with Crippen molar-refractivity contribution in [1.82, 2.24) is 0 Å². The lowest BCUT2D eigenvalue weighted by molar-refractivity contribution is -0.115. The van der Waals surface area contributed by atoms with Gasteiger partial charge in [-0.25, -0.2) is 0 Å². The van der Waals surface area contributed by atoms with Crippen LogP contribution in [0.1, 0.15) is 24.8 Å². The van der Waals surface area contributed by atoms with E-state index in [2.05, 4.69) is 0 Å². The Morgan fingerprint density at radius 1 is 1.19 bits per heavy atom. The fourth-order valence-electron chi connectivity index (χ4n) is 1.92. The van der Waals surface area contributed by atoms with E-state index in [0.29, 0.717) is 16.5 Å². The summed E-state index contributed by atoms with van der Waals surface area (Å²) in [5.74, 6) is 0.222. The molecule has 0 unspecified atom stereocenters. The Balaban J connectivity index is 2.20. The molecular formula is C13H12Cl2O. The molecule has 84 valence electrons. The van der Waals surface area contributed by atoms with Gasteiger partial charge in [0.05, 0.1) is 0 Å². The van der Waals surface area contributed by atoms with Crippen molar-refractivity contribution in [3.63, 3.8) is 0 Å². The molecule has 0 aromatic heterocycles. The Morgan fingerprint density at radius 2 is 2.00 bits per heavy atom. The second-order valence-electron chi connectivity index (χ2n) is 4.03. The molecule has 0 atom stereocenters. The van der Waals surface area contributed by atoms with Gasteiger partial charge < -0.3 is 0 Å². The standard InChI is InChI=1S/C13H12Cl2O/c14-11-4-5-13(15)10(8-11)6-9-2-1-3-12(16)7-9/h4-5,7-8H,1-3,6H2. The molecule has 1 aliphatic rings. The first-order chi connectivity index (χ1) is 7.65. The number of hydrogen-bond donors (Lipinski definition) is 0. The minimum absolute atomic E-state index is 0.222. The van der Waals surface area contributed by atoms with E-state index in [4.69, 9.17) is 23.2 Å². The van der Waals surface area contributed by atoms with E-state index in [9.17, 15) is 4.79 Å². The molecule has 1 aromatic carbocycles. The lowest BCUT2D eigenvalue weighted by Crippen LogP contribution is -2.04. The third-order valence-corrected chi connectivity index (χ3v) is 3.32. The van der Waals surface area contributed by atoms with Gasteiger partial charge >= 0.3 is 0 Å². The van der Waals surface area contributed by atoms with Crippen LogP contribution in [-0.2, 0) is 11.2 Å². The van der Waals surface area contributed by atoms with Crippen molar-refractivity contribution < 1.29 is 4.79 Å². The number of carbonyl (C=O) groups is 1. The van der Waals surface area contributed by atoms with Crippen molar-refractivity contribution in [2.45, 2.75) is 25.7 Å². The SMILES string of the molecule is O=C1C=C(Cc2cc(Cl)ccc2Cl)CCC1. The van der Waals surface area contributed by atoms with Crippen LogP contribution >= 0.6 is 23.2 Å². The molecule has 0 fully saturated rings. The number of allylic oxidation sites excluding steroid dienone is 2. The smallest absolute Gasteiger partial charge is 0.155 e. The van der Waals surface area contributed by atoms with Gasteiger partial charge in [-0.05, 0) is 49.1 Å². The van der Waals surface area contributed by atoms with Crippen LogP contribution < -0.4 is 0 Å². The van der Waals surface area contributed by atoms with Crippen molar-refractivity contribution in [3.8, 4) is 0 Å². The maximum Gasteiger partial charge on any atom is 0.155 e. The Kier molecular flexibility index (Phi) is 3.67. The molecule has 1 nitrogen and oxygen atoms in total. The molecule has 16 heavy (non-hydrogen) atoms. The number of carbonyl (C=O) groups excluding carboxylic acids is 1. The second-order valence-corrected chi connectivity index (χ2v) is 4.88. The minimum Gasteiger partial charge on any atom is -0.295 e. The summed E-state index contributed by atoms with van der Waals surface area (Å²) in [7, 11) is 0. The largest absolute Gasteiger partial charge is 0.295 e. The van der Waals surface area contributed by atoms with Gasteiger partial charge in [0.2, 0.25) is 0 Å². The zero-order valence-corrected chi connectivity index (χ0v) is 10.3. The maximum atomic E-state index is 11.3. The Labute approximate surface area is 105 Å². The van der Waals surface area contributed by atoms with Gasteiger partial charge in [0.15, 0.2) is 5.78 Å². The van der Waals surface area contributed by atoms with Crippen LogP contribution in [0.3, 0.4) is 0 Å². The van der Waals surface area contributed by atoms with Crippen molar-refractivity contribution in [3.05, 3.63) is 45.5 Å². The highest BCUT2D eigenvalue weighted by atomic mass is 35.5. The third kappa shape index (κ3) is 2.87. The number of benzene rings is 1. The van der Waals surface area contributed by atoms with Gasteiger partial charge in [-0.2, -0.15) is 0 Å². The van der Waals surface area contributed by atoms with Gasteiger partial charge in [0.25, 0.3) is 0 Å². The summed E-state index contributed by atoms with van der Waals surface area (Å²) < 4.78 is 0. The first kappa shape index (κ1) is 11.7. The zero-order valence-electron chi connectivity index (χ0n) is 8.80. The molecule has 0 aliphatic heterocycles. The van der Waals surface area contributed by atoms with E-state index < -0.39 is 0 Å². The number of hydrogen-bond acceptors (Lipinski definition) is 1. The molecule has 2 rings (SSSR count). The van der Waals surface area contributed by atoms with E-state index in [1.54, 1.807) is 18.2 Å². The molecular weight excluding hydrogens is 243 g/mol. The summed E-state index contributed by atoms with van der Waals surface area (Å²) in [4.78, 5) is 11.3. The van der Waals surface area contributed by atoms with Crippen LogP contribution in [0, 0.1) is 0 Å². The highest BCUT2D eigenvalue weighted by Crippen LogP contribution is 2.26. The predicted molar refractivity (Wildman–Crippen MR) is 67.1 cm³/mol. The molecule has 0 spiro atoms. The molecule has 3 heteroatoms. The molecule has 0 saturated heterocycles. The monoisotopic (exact) mass is 254 g/mol. The van der Waals surface area contributed by atoms with E-state index in [1.165, 1.54) is 0 Å². The number of halogens is 2. The molecule has 0 heterocycles. The highest BCUT2D eigenvalue weighted by Gasteiger charge is 2.11. The summed E-state index contributed by atoms with van der Waals surface area (Å²) >= 11 is 12.0. The Bertz CT molecular complexity index is 449. The molecule has 0 N–H and O–H groups in total. The lowest BCUT2D eigenvalue weighted by atomic mass is 9.93. The predicted octanol–water partition coefficient (Wildman–Crippen LogP) is 4.22. The highest BCUT2D eigenvalue weighted by molar-refractivity contribution is 6.33. The third-order valence-electron chi connectivity index (χ3n) is 2.71. The summed E-state index contributed by atoms with van der Waals surface area (Å²) in [6.45, 7) is 0. The van der Waals surface area contributed by atoms with E-state index in [1.807, 2.05) is 6.07 Å². The molecule has 1 aromatic rings. The zero-order chi connectivity index (χ0) is 11.5. The van der Waals surface area contributed by atoms with Crippen LogP contribution in [0.2, 0.25) is 10.0 Å². The van der Waals surface area contributed by atoms with Gasteiger partial charge in [-0.15, -0.1) is 0 Å². The van der Waals surface area contributed by atoms with Crippen molar-refractivity contribution >= 4 is 29.0 Å². The fourth-order valence-corrected chi connectivity index (χ4v) is 2.30. The molecule has 0 bridgehead atoms. The van der Waals surface area contributed by atoms with E-state index in [0.717, 1.165) is 30.4 Å². The maximum absolute atomic E-state index is 11.3. The van der Waals surface area contributed by atoms with E-state index in [-0.39, 0.29) is 5.78 Å². The summed E-state index contributed by atoms with van der Waals surface area (Å²) in [5.41, 5.74) is 2.15. The molecule has 0 radical (unpaired) electrons. The van der Waals surface area contributed by atoms with Crippen LogP contribution in [0.15, 0.2) is 29.8 Å². The number of rotatable bonds is 2. The lowest BCUT2D eigenvalue weighted by Gasteiger charge is -2.13.